The van der Waals surface area contributed by atoms with Crippen molar-refractivity contribution in [3.8, 4) is 5.75 Å². The molecule has 0 saturated carbocycles. The molecule has 0 aliphatic carbocycles. The summed E-state index contributed by atoms with van der Waals surface area (Å²) in [6.07, 6.45) is 3.57. The summed E-state index contributed by atoms with van der Waals surface area (Å²) in [6.45, 7) is 1.93. The summed E-state index contributed by atoms with van der Waals surface area (Å²) in [5, 5.41) is 2.18. The highest BCUT2D eigenvalue weighted by molar-refractivity contribution is 9.09. The first-order valence-corrected chi connectivity index (χ1v) is 5.32. The summed E-state index contributed by atoms with van der Waals surface area (Å²) < 4.78 is 5.58. The zero-order valence-corrected chi connectivity index (χ0v) is 9.36. The van der Waals surface area contributed by atoms with Crippen LogP contribution in [0.5, 0.6) is 5.75 Å². The monoisotopic (exact) mass is 251 g/mol. The van der Waals surface area contributed by atoms with Crippen LogP contribution in [0.3, 0.4) is 0 Å². The summed E-state index contributed by atoms with van der Waals surface area (Å²) in [5.74, 6) is 0.812. The molecule has 0 aliphatic heterocycles. The third kappa shape index (κ3) is 1.87. The summed E-state index contributed by atoms with van der Waals surface area (Å²) in [4.78, 5) is 4.12. The van der Waals surface area contributed by atoms with Gasteiger partial charge in [0.25, 0.3) is 0 Å². The molecule has 1 heterocycles. The van der Waals surface area contributed by atoms with Gasteiger partial charge >= 0.3 is 0 Å². The summed E-state index contributed by atoms with van der Waals surface area (Å²) in [7, 11) is 0. The van der Waals surface area contributed by atoms with Gasteiger partial charge in [0.05, 0.1) is 6.20 Å². The Kier molecular flexibility index (Phi) is 2.68. The molecule has 0 N–H and O–H groups in total. The molecule has 2 aromatic rings. The van der Waals surface area contributed by atoms with Gasteiger partial charge in [-0.25, -0.2) is 0 Å². The van der Waals surface area contributed by atoms with Gasteiger partial charge in [-0.1, -0.05) is 24.3 Å². The SMILES string of the molecule is CC(Br)Oc1cncc2ccccc12. The number of aromatic nitrogens is 1. The van der Waals surface area contributed by atoms with Gasteiger partial charge in [0.1, 0.15) is 5.75 Å². The number of rotatable bonds is 2. The molecule has 0 radical (unpaired) electrons. The van der Waals surface area contributed by atoms with Crippen LogP contribution in [0.2, 0.25) is 0 Å². The maximum absolute atomic E-state index is 5.58. The van der Waals surface area contributed by atoms with E-state index >= 15 is 0 Å². The highest BCUT2D eigenvalue weighted by atomic mass is 79.9. The van der Waals surface area contributed by atoms with Gasteiger partial charge in [0.15, 0.2) is 5.01 Å². The standard InChI is InChI=1S/C11H10BrNO/c1-8(12)14-11-7-13-6-9-4-2-3-5-10(9)11/h2-8H,1H3. The molecule has 3 heteroatoms. The Morgan fingerprint density at radius 3 is 2.86 bits per heavy atom. The van der Waals surface area contributed by atoms with Crippen molar-refractivity contribution >= 4 is 26.7 Å². The van der Waals surface area contributed by atoms with Crippen molar-refractivity contribution in [3.05, 3.63) is 36.7 Å². The normalized spacial score (nSPS) is 12.7. The fourth-order valence-corrected chi connectivity index (χ4v) is 1.56. The Morgan fingerprint density at radius 2 is 2.07 bits per heavy atom. The Morgan fingerprint density at radius 1 is 1.29 bits per heavy atom. The number of benzene rings is 1. The van der Waals surface area contributed by atoms with Crippen LogP contribution in [-0.2, 0) is 0 Å². The lowest BCUT2D eigenvalue weighted by atomic mass is 10.2. The molecular weight excluding hydrogens is 242 g/mol. The van der Waals surface area contributed by atoms with Gasteiger partial charge in [0, 0.05) is 17.0 Å². The molecular formula is C11H10BrNO. The highest BCUT2D eigenvalue weighted by Gasteiger charge is 2.03. The Balaban J connectivity index is 2.53. The van der Waals surface area contributed by atoms with Crippen LogP contribution in [0.1, 0.15) is 6.92 Å². The van der Waals surface area contributed by atoms with E-state index in [2.05, 4.69) is 20.9 Å². The van der Waals surface area contributed by atoms with E-state index in [9.17, 15) is 0 Å². The van der Waals surface area contributed by atoms with Crippen LogP contribution in [0.15, 0.2) is 36.7 Å². The van der Waals surface area contributed by atoms with Gasteiger partial charge in [-0.3, -0.25) is 4.98 Å². The first-order chi connectivity index (χ1) is 6.77. The summed E-state index contributed by atoms with van der Waals surface area (Å²) >= 11 is 3.35. The van der Waals surface area contributed by atoms with Crippen LogP contribution in [-0.4, -0.2) is 10.00 Å². The fourth-order valence-electron chi connectivity index (χ4n) is 1.36. The van der Waals surface area contributed by atoms with E-state index in [0.717, 1.165) is 16.5 Å². The zero-order valence-electron chi connectivity index (χ0n) is 7.77. The molecule has 1 unspecified atom stereocenters. The maximum Gasteiger partial charge on any atom is 0.150 e. The average molecular weight is 252 g/mol. The highest BCUT2D eigenvalue weighted by Crippen LogP contribution is 2.25. The van der Waals surface area contributed by atoms with E-state index in [1.807, 2.05) is 37.4 Å². The Hall–Kier alpha value is -1.09. The van der Waals surface area contributed by atoms with E-state index in [1.165, 1.54) is 0 Å². The van der Waals surface area contributed by atoms with Gasteiger partial charge in [-0.05, 0) is 22.9 Å². The second kappa shape index (κ2) is 3.96. The maximum atomic E-state index is 5.58. The number of nitrogens with zero attached hydrogens (tertiary/aromatic N) is 1. The van der Waals surface area contributed by atoms with E-state index < -0.39 is 0 Å². The molecule has 0 amide bonds. The average Bonchev–Trinajstić information content (AvgIpc) is 2.18. The largest absolute Gasteiger partial charge is 0.477 e. The number of pyridine rings is 1. The van der Waals surface area contributed by atoms with Crippen LogP contribution in [0.25, 0.3) is 10.8 Å². The van der Waals surface area contributed by atoms with Crippen LogP contribution >= 0.6 is 15.9 Å². The van der Waals surface area contributed by atoms with Crippen molar-refractivity contribution in [2.75, 3.05) is 0 Å². The van der Waals surface area contributed by atoms with Gasteiger partial charge in [0.2, 0.25) is 0 Å². The molecule has 2 nitrogen and oxygen atoms in total. The lowest BCUT2D eigenvalue weighted by Gasteiger charge is -2.09. The minimum atomic E-state index is -0.00453. The minimum absolute atomic E-state index is 0.00453. The number of fused-ring (bicyclic) bond motifs is 1. The van der Waals surface area contributed by atoms with Crippen molar-refractivity contribution in [1.82, 2.24) is 4.98 Å². The molecule has 2 rings (SSSR count). The second-order valence-corrected chi connectivity index (χ2v) is 4.31. The first-order valence-electron chi connectivity index (χ1n) is 4.41. The molecule has 1 atom stereocenters. The Bertz CT molecular complexity index is 437. The molecule has 0 fully saturated rings. The van der Waals surface area contributed by atoms with Gasteiger partial charge in [-0.2, -0.15) is 0 Å². The third-order valence-corrected chi connectivity index (χ3v) is 2.11. The molecule has 0 spiro atoms. The van der Waals surface area contributed by atoms with Gasteiger partial charge < -0.3 is 4.74 Å². The van der Waals surface area contributed by atoms with Gasteiger partial charge in [-0.15, -0.1) is 0 Å². The van der Waals surface area contributed by atoms with Crippen molar-refractivity contribution in [3.63, 3.8) is 0 Å². The van der Waals surface area contributed by atoms with Crippen molar-refractivity contribution < 1.29 is 4.74 Å². The Labute approximate surface area is 91.0 Å². The number of halogens is 1. The smallest absolute Gasteiger partial charge is 0.150 e. The van der Waals surface area contributed by atoms with E-state index in [4.69, 9.17) is 4.74 Å². The number of alkyl halides is 1. The molecule has 1 aromatic carbocycles. The zero-order chi connectivity index (χ0) is 9.97. The lowest BCUT2D eigenvalue weighted by molar-refractivity contribution is 0.317. The number of hydrogen-bond acceptors (Lipinski definition) is 2. The van der Waals surface area contributed by atoms with E-state index in [1.54, 1.807) is 6.20 Å². The predicted octanol–water partition coefficient (Wildman–Crippen LogP) is 3.35. The molecule has 0 aliphatic rings. The molecule has 1 aromatic heterocycles. The topological polar surface area (TPSA) is 22.1 Å². The van der Waals surface area contributed by atoms with Crippen molar-refractivity contribution in [2.45, 2.75) is 11.9 Å². The van der Waals surface area contributed by atoms with E-state index in [-0.39, 0.29) is 5.01 Å². The molecule has 72 valence electrons. The molecule has 0 saturated heterocycles. The van der Waals surface area contributed by atoms with Crippen molar-refractivity contribution in [1.29, 1.82) is 0 Å². The van der Waals surface area contributed by atoms with E-state index in [0.29, 0.717) is 0 Å². The summed E-state index contributed by atoms with van der Waals surface area (Å²) in [6, 6.07) is 8.04. The quantitative estimate of drug-likeness (QED) is 0.764. The van der Waals surface area contributed by atoms with Crippen LogP contribution in [0.4, 0.5) is 0 Å². The fraction of sp³-hybridized carbons (Fsp3) is 0.182. The minimum Gasteiger partial charge on any atom is -0.477 e. The first kappa shape index (κ1) is 9.46. The predicted molar refractivity (Wildman–Crippen MR) is 60.8 cm³/mol. The molecule has 14 heavy (non-hydrogen) atoms. The van der Waals surface area contributed by atoms with Crippen LogP contribution < -0.4 is 4.74 Å². The second-order valence-electron chi connectivity index (χ2n) is 3.02. The van der Waals surface area contributed by atoms with Crippen molar-refractivity contribution in [2.24, 2.45) is 0 Å². The third-order valence-electron chi connectivity index (χ3n) is 1.92. The number of ether oxygens (including phenoxy) is 1. The number of hydrogen-bond donors (Lipinski definition) is 0. The lowest BCUT2D eigenvalue weighted by Crippen LogP contribution is -2.02. The molecule has 0 bridgehead atoms. The summed E-state index contributed by atoms with van der Waals surface area (Å²) in [5.41, 5.74) is 0. The van der Waals surface area contributed by atoms with Crippen LogP contribution in [0, 0.1) is 0 Å².